The first-order chi connectivity index (χ1) is 16.1. The summed E-state index contributed by atoms with van der Waals surface area (Å²) in [6.45, 7) is 4.45. The second-order valence-electron chi connectivity index (χ2n) is 8.51. The average Bonchev–Trinajstić information content (AvgIpc) is 2.85. The van der Waals surface area contributed by atoms with Crippen LogP contribution in [0.5, 0.6) is 0 Å². The Morgan fingerprint density at radius 1 is 1.00 bits per heavy atom. The molecular weight excluding hydrogens is 414 g/mol. The lowest BCUT2D eigenvalue weighted by Gasteiger charge is -2.40. The molecule has 0 bridgehead atoms. The van der Waals surface area contributed by atoms with Gasteiger partial charge in [-0.25, -0.2) is 4.68 Å². The summed E-state index contributed by atoms with van der Waals surface area (Å²) >= 11 is 0. The van der Waals surface area contributed by atoms with Gasteiger partial charge in [-0.05, 0) is 25.1 Å². The zero-order valence-electron chi connectivity index (χ0n) is 19.1. The van der Waals surface area contributed by atoms with Gasteiger partial charge in [-0.2, -0.15) is 5.10 Å². The predicted molar refractivity (Wildman–Crippen MR) is 130 cm³/mol. The highest BCUT2D eigenvalue weighted by Crippen LogP contribution is 2.24. The number of hydrogen-bond acceptors (Lipinski definition) is 5. The summed E-state index contributed by atoms with van der Waals surface area (Å²) < 4.78 is 1.23. The van der Waals surface area contributed by atoms with E-state index in [0.717, 1.165) is 38.2 Å². The van der Waals surface area contributed by atoms with Gasteiger partial charge in [-0.3, -0.25) is 14.5 Å². The number of hydrogen-bond donors (Lipinski definition) is 1. The van der Waals surface area contributed by atoms with E-state index in [1.807, 2.05) is 36.4 Å². The zero-order valence-corrected chi connectivity index (χ0v) is 19.1. The van der Waals surface area contributed by atoms with Crippen LogP contribution in [0.15, 0.2) is 77.6 Å². The Labute approximate surface area is 194 Å². The molecule has 2 heterocycles. The molecule has 1 N–H and O–H groups in total. The van der Waals surface area contributed by atoms with Crippen molar-refractivity contribution in [3.63, 3.8) is 0 Å². The number of piperazine rings is 1. The normalized spacial score (nSPS) is 17.1. The van der Waals surface area contributed by atoms with E-state index in [9.17, 15) is 9.59 Å². The second-order valence-corrected chi connectivity index (χ2v) is 8.51. The standard InChI is InChI=1S/C26H31N5O2/c1-29-17-18-30(24(19-29)22-11-6-3-7-12-22)16-8-15-27-25(32)20-31-26(33)14-13-23(28-31)21-9-4-2-5-10-21/h2-7,9-14,24H,8,15-20H2,1H3,(H,27,32). The van der Waals surface area contributed by atoms with Crippen LogP contribution in [0.3, 0.4) is 0 Å². The minimum absolute atomic E-state index is 0.0827. The average molecular weight is 446 g/mol. The highest BCUT2D eigenvalue weighted by molar-refractivity contribution is 5.75. The summed E-state index contributed by atoms with van der Waals surface area (Å²) in [4.78, 5) is 29.5. The Hall–Kier alpha value is -3.29. The minimum atomic E-state index is -0.284. The highest BCUT2D eigenvalue weighted by atomic mass is 16.2. The van der Waals surface area contributed by atoms with E-state index in [2.05, 4.69) is 51.5 Å². The van der Waals surface area contributed by atoms with Crippen LogP contribution in [0.1, 0.15) is 18.0 Å². The lowest BCUT2D eigenvalue weighted by atomic mass is 10.0. The molecule has 0 spiro atoms. The maximum absolute atomic E-state index is 12.5. The van der Waals surface area contributed by atoms with Gasteiger partial charge in [0.1, 0.15) is 6.54 Å². The van der Waals surface area contributed by atoms with Gasteiger partial charge in [0, 0.05) is 50.4 Å². The smallest absolute Gasteiger partial charge is 0.267 e. The molecule has 33 heavy (non-hydrogen) atoms. The third-order valence-corrected chi connectivity index (χ3v) is 6.05. The van der Waals surface area contributed by atoms with E-state index in [-0.39, 0.29) is 18.0 Å². The summed E-state index contributed by atoms with van der Waals surface area (Å²) in [7, 11) is 2.16. The van der Waals surface area contributed by atoms with Crippen molar-refractivity contribution in [2.24, 2.45) is 0 Å². The predicted octanol–water partition coefficient (Wildman–Crippen LogP) is 2.41. The van der Waals surface area contributed by atoms with Crippen LogP contribution in [0.25, 0.3) is 11.3 Å². The molecule has 1 aromatic heterocycles. The summed E-state index contributed by atoms with van der Waals surface area (Å²) in [6, 6.07) is 23.7. The van der Waals surface area contributed by atoms with Gasteiger partial charge in [0.05, 0.1) is 5.69 Å². The number of likely N-dealkylation sites (N-methyl/N-ethyl adjacent to an activating group) is 1. The molecule has 0 radical (unpaired) electrons. The summed E-state index contributed by atoms with van der Waals surface area (Å²) in [5.74, 6) is -0.201. The SMILES string of the molecule is CN1CCN(CCCNC(=O)Cn2nc(-c3ccccc3)ccc2=O)C(c2ccccc2)C1. The third-order valence-electron chi connectivity index (χ3n) is 6.05. The molecule has 3 aromatic rings. The lowest BCUT2D eigenvalue weighted by Crippen LogP contribution is -2.47. The second kappa shape index (κ2) is 11.0. The van der Waals surface area contributed by atoms with Gasteiger partial charge in [0.2, 0.25) is 5.91 Å². The number of benzene rings is 2. The molecule has 172 valence electrons. The first kappa shape index (κ1) is 22.9. The Morgan fingerprint density at radius 3 is 2.48 bits per heavy atom. The van der Waals surface area contributed by atoms with Crippen molar-refractivity contribution in [3.05, 3.63) is 88.7 Å². The van der Waals surface area contributed by atoms with E-state index >= 15 is 0 Å². The van der Waals surface area contributed by atoms with Gasteiger partial charge >= 0.3 is 0 Å². The van der Waals surface area contributed by atoms with Crippen molar-refractivity contribution in [2.75, 3.05) is 39.8 Å². The fourth-order valence-electron chi connectivity index (χ4n) is 4.24. The van der Waals surface area contributed by atoms with Crippen LogP contribution in [-0.2, 0) is 11.3 Å². The van der Waals surface area contributed by atoms with Crippen LogP contribution >= 0.6 is 0 Å². The van der Waals surface area contributed by atoms with E-state index in [0.29, 0.717) is 18.3 Å². The quantitative estimate of drug-likeness (QED) is 0.539. The Morgan fingerprint density at radius 2 is 1.73 bits per heavy atom. The molecule has 0 saturated carbocycles. The number of rotatable bonds is 8. The van der Waals surface area contributed by atoms with Crippen molar-refractivity contribution in [1.82, 2.24) is 24.9 Å². The van der Waals surface area contributed by atoms with Gasteiger partial charge in [-0.1, -0.05) is 60.7 Å². The third kappa shape index (κ3) is 6.15. The number of nitrogens with one attached hydrogen (secondary N) is 1. The summed E-state index contributed by atoms with van der Waals surface area (Å²) in [6.07, 6.45) is 0.852. The number of carbonyl (C=O) groups excluding carboxylic acids is 1. The molecule has 1 saturated heterocycles. The molecule has 7 heteroatoms. The van der Waals surface area contributed by atoms with Crippen LogP contribution < -0.4 is 10.9 Å². The van der Waals surface area contributed by atoms with Crippen molar-refractivity contribution < 1.29 is 4.79 Å². The number of amides is 1. The minimum Gasteiger partial charge on any atom is -0.354 e. The summed E-state index contributed by atoms with van der Waals surface area (Å²) in [5, 5.41) is 7.31. The van der Waals surface area contributed by atoms with E-state index in [1.165, 1.54) is 16.3 Å². The molecule has 1 atom stereocenters. The van der Waals surface area contributed by atoms with E-state index in [4.69, 9.17) is 0 Å². The highest BCUT2D eigenvalue weighted by Gasteiger charge is 2.25. The van der Waals surface area contributed by atoms with Gasteiger partial charge in [0.25, 0.3) is 5.56 Å². The maximum atomic E-state index is 12.5. The van der Waals surface area contributed by atoms with Crippen molar-refractivity contribution >= 4 is 5.91 Å². The van der Waals surface area contributed by atoms with Gasteiger partial charge in [0.15, 0.2) is 0 Å². The number of carbonyl (C=O) groups is 1. The monoisotopic (exact) mass is 445 g/mol. The summed E-state index contributed by atoms with van der Waals surface area (Å²) in [5.41, 5.74) is 2.63. The maximum Gasteiger partial charge on any atom is 0.267 e. The molecule has 1 unspecified atom stereocenters. The molecule has 4 rings (SSSR count). The molecule has 1 aliphatic rings. The number of aromatic nitrogens is 2. The van der Waals surface area contributed by atoms with Crippen LogP contribution in [0.2, 0.25) is 0 Å². The molecule has 1 fully saturated rings. The van der Waals surface area contributed by atoms with Gasteiger partial charge in [-0.15, -0.1) is 0 Å². The first-order valence-corrected chi connectivity index (χ1v) is 11.5. The van der Waals surface area contributed by atoms with Crippen LogP contribution in [-0.4, -0.2) is 65.3 Å². The van der Waals surface area contributed by atoms with Crippen LogP contribution in [0.4, 0.5) is 0 Å². The zero-order chi connectivity index (χ0) is 23.0. The van der Waals surface area contributed by atoms with Crippen LogP contribution in [0, 0.1) is 0 Å². The molecule has 1 aliphatic heterocycles. The topological polar surface area (TPSA) is 70.5 Å². The molecule has 0 aliphatic carbocycles. The lowest BCUT2D eigenvalue weighted by molar-refractivity contribution is -0.121. The first-order valence-electron chi connectivity index (χ1n) is 11.5. The van der Waals surface area contributed by atoms with Crippen molar-refractivity contribution in [1.29, 1.82) is 0 Å². The molecule has 1 amide bonds. The van der Waals surface area contributed by atoms with E-state index in [1.54, 1.807) is 6.07 Å². The molecular formula is C26H31N5O2. The van der Waals surface area contributed by atoms with Gasteiger partial charge < -0.3 is 10.2 Å². The largest absolute Gasteiger partial charge is 0.354 e. The van der Waals surface area contributed by atoms with E-state index < -0.39 is 0 Å². The van der Waals surface area contributed by atoms with Crippen molar-refractivity contribution in [3.8, 4) is 11.3 Å². The fourth-order valence-corrected chi connectivity index (χ4v) is 4.24. The number of nitrogens with zero attached hydrogens (tertiary/aromatic N) is 4. The fraction of sp³-hybridized carbons (Fsp3) is 0.346. The Kier molecular flexibility index (Phi) is 7.65. The Bertz CT molecular complexity index is 1100. The van der Waals surface area contributed by atoms with Crippen molar-refractivity contribution in [2.45, 2.75) is 19.0 Å². The Balaban J connectivity index is 1.29. The molecule has 7 nitrogen and oxygen atoms in total. The molecule has 2 aromatic carbocycles.